The maximum absolute atomic E-state index is 14.0. The fraction of sp³-hybridized carbons (Fsp3) is 0.586. The number of amides is 2. The third-order valence-corrected chi connectivity index (χ3v) is 6.95. The number of benzene rings is 1. The Morgan fingerprint density at radius 1 is 1.14 bits per heavy atom. The number of likely N-dealkylation sites (tertiary alicyclic amines) is 1. The number of carbonyl (C=O) groups excluding carboxylic acids is 3. The van der Waals surface area contributed by atoms with Gasteiger partial charge in [-0.3, -0.25) is 19.3 Å². The van der Waals surface area contributed by atoms with E-state index >= 15 is 0 Å². The maximum atomic E-state index is 14.0. The SMILES string of the molecule is CC(C)Cc1nc(C2CCCCN2C)oc1C(=O)C(CCNC(=O)CC(C)CC(N)=O)c1ccccc1. The summed E-state index contributed by atoms with van der Waals surface area (Å²) in [6, 6.07) is 9.71. The second-order valence-corrected chi connectivity index (χ2v) is 10.9. The van der Waals surface area contributed by atoms with Gasteiger partial charge in [-0.2, -0.15) is 0 Å². The highest BCUT2D eigenvalue weighted by Crippen LogP contribution is 2.33. The summed E-state index contributed by atoms with van der Waals surface area (Å²) in [5.74, 6) is 0.0194. The molecule has 1 saturated heterocycles. The molecule has 202 valence electrons. The van der Waals surface area contributed by atoms with Crippen LogP contribution in [0.5, 0.6) is 0 Å². The summed E-state index contributed by atoms with van der Waals surface area (Å²) in [7, 11) is 2.08. The molecule has 3 N–H and O–H groups in total. The van der Waals surface area contributed by atoms with Crippen molar-refractivity contribution in [3.8, 4) is 0 Å². The maximum Gasteiger partial charge on any atom is 0.220 e. The summed E-state index contributed by atoms with van der Waals surface area (Å²) in [6.45, 7) is 7.36. The van der Waals surface area contributed by atoms with Crippen LogP contribution in [0, 0.1) is 11.8 Å². The Morgan fingerprint density at radius 3 is 2.51 bits per heavy atom. The molecule has 1 aliphatic heterocycles. The Morgan fingerprint density at radius 2 is 1.86 bits per heavy atom. The number of Topliss-reactive ketones (excluding diaryl/α,β-unsaturated/α-hetero) is 1. The molecule has 0 saturated carbocycles. The molecule has 0 aliphatic carbocycles. The van der Waals surface area contributed by atoms with Crippen LogP contribution in [0.15, 0.2) is 34.7 Å². The van der Waals surface area contributed by atoms with Crippen LogP contribution in [0.4, 0.5) is 0 Å². The van der Waals surface area contributed by atoms with Gasteiger partial charge in [0.05, 0.1) is 17.7 Å². The molecular weight excluding hydrogens is 468 g/mol. The minimum absolute atomic E-state index is 0.0815. The fourth-order valence-corrected chi connectivity index (χ4v) is 5.07. The van der Waals surface area contributed by atoms with Gasteiger partial charge in [0.15, 0.2) is 5.76 Å². The second-order valence-electron chi connectivity index (χ2n) is 10.9. The van der Waals surface area contributed by atoms with Crippen molar-refractivity contribution >= 4 is 17.6 Å². The molecule has 1 aromatic heterocycles. The predicted molar refractivity (Wildman–Crippen MR) is 143 cm³/mol. The molecule has 3 atom stereocenters. The summed E-state index contributed by atoms with van der Waals surface area (Å²) in [6.07, 6.45) is 4.71. The van der Waals surface area contributed by atoms with Crippen LogP contribution >= 0.6 is 0 Å². The number of nitrogens with zero attached hydrogens (tertiary/aromatic N) is 2. The number of hydrogen-bond acceptors (Lipinski definition) is 6. The Kier molecular flexibility index (Phi) is 10.4. The number of rotatable bonds is 13. The molecule has 0 bridgehead atoms. The summed E-state index contributed by atoms with van der Waals surface area (Å²) >= 11 is 0. The van der Waals surface area contributed by atoms with Crippen molar-refractivity contribution in [1.29, 1.82) is 0 Å². The quantitative estimate of drug-likeness (QED) is 0.386. The van der Waals surface area contributed by atoms with Gasteiger partial charge >= 0.3 is 0 Å². The van der Waals surface area contributed by atoms with Crippen molar-refractivity contribution in [3.05, 3.63) is 53.2 Å². The average Bonchev–Trinajstić information content (AvgIpc) is 3.24. The lowest BCUT2D eigenvalue weighted by atomic mass is 9.89. The van der Waals surface area contributed by atoms with Gasteiger partial charge in [0.1, 0.15) is 0 Å². The third-order valence-electron chi connectivity index (χ3n) is 6.95. The van der Waals surface area contributed by atoms with Crippen LogP contribution in [0.2, 0.25) is 0 Å². The van der Waals surface area contributed by atoms with Crippen LogP contribution in [0.1, 0.15) is 99.0 Å². The Bertz CT molecular complexity index is 1050. The normalized spacial score (nSPS) is 17.9. The van der Waals surface area contributed by atoms with E-state index in [2.05, 4.69) is 31.1 Å². The Hall–Kier alpha value is -3.00. The van der Waals surface area contributed by atoms with E-state index in [1.807, 2.05) is 37.3 Å². The number of nitrogens with two attached hydrogens (primary N) is 1. The molecular formula is C29H42N4O4. The summed E-state index contributed by atoms with van der Waals surface area (Å²) in [4.78, 5) is 44.6. The van der Waals surface area contributed by atoms with Crippen molar-refractivity contribution in [2.75, 3.05) is 20.1 Å². The van der Waals surface area contributed by atoms with E-state index in [9.17, 15) is 14.4 Å². The zero-order chi connectivity index (χ0) is 26.9. The highest BCUT2D eigenvalue weighted by atomic mass is 16.4. The molecule has 1 aliphatic rings. The van der Waals surface area contributed by atoms with Gasteiger partial charge in [-0.15, -0.1) is 0 Å². The first kappa shape index (κ1) is 28.6. The van der Waals surface area contributed by atoms with Gasteiger partial charge in [-0.1, -0.05) is 57.5 Å². The summed E-state index contributed by atoms with van der Waals surface area (Å²) in [5, 5.41) is 2.91. The molecule has 0 radical (unpaired) electrons. The average molecular weight is 511 g/mol. The number of ketones is 1. The number of hydrogen-bond donors (Lipinski definition) is 2. The van der Waals surface area contributed by atoms with E-state index in [0.29, 0.717) is 37.0 Å². The minimum atomic E-state index is -0.472. The zero-order valence-corrected chi connectivity index (χ0v) is 22.7. The molecule has 37 heavy (non-hydrogen) atoms. The van der Waals surface area contributed by atoms with Gasteiger partial charge in [0, 0.05) is 19.4 Å². The highest BCUT2D eigenvalue weighted by Gasteiger charge is 2.32. The summed E-state index contributed by atoms with van der Waals surface area (Å²) in [5.41, 5.74) is 6.84. The number of primary amides is 1. The van der Waals surface area contributed by atoms with Crippen molar-refractivity contribution < 1.29 is 18.8 Å². The lowest BCUT2D eigenvalue weighted by molar-refractivity contribution is -0.122. The van der Waals surface area contributed by atoms with E-state index < -0.39 is 11.8 Å². The molecule has 8 heteroatoms. The monoisotopic (exact) mass is 510 g/mol. The molecule has 3 rings (SSSR count). The third kappa shape index (κ3) is 8.25. The lowest BCUT2D eigenvalue weighted by Gasteiger charge is -2.29. The molecule has 0 spiro atoms. The van der Waals surface area contributed by atoms with Crippen LogP contribution in [0.25, 0.3) is 0 Å². The first-order chi connectivity index (χ1) is 17.7. The van der Waals surface area contributed by atoms with Crippen molar-refractivity contribution in [3.63, 3.8) is 0 Å². The van der Waals surface area contributed by atoms with E-state index in [1.165, 1.54) is 0 Å². The van der Waals surface area contributed by atoms with Crippen molar-refractivity contribution in [2.45, 2.75) is 77.7 Å². The fourth-order valence-electron chi connectivity index (χ4n) is 5.07. The largest absolute Gasteiger partial charge is 0.436 e. The molecule has 2 amide bonds. The topological polar surface area (TPSA) is 119 Å². The van der Waals surface area contributed by atoms with E-state index in [1.54, 1.807) is 0 Å². The van der Waals surface area contributed by atoms with Crippen molar-refractivity contribution in [1.82, 2.24) is 15.2 Å². The van der Waals surface area contributed by atoms with Gasteiger partial charge in [0.25, 0.3) is 0 Å². The first-order valence-electron chi connectivity index (χ1n) is 13.5. The van der Waals surface area contributed by atoms with Gasteiger partial charge in [-0.05, 0) is 56.7 Å². The number of carbonyl (C=O) groups is 3. The van der Waals surface area contributed by atoms with Gasteiger partial charge in [-0.25, -0.2) is 4.98 Å². The van der Waals surface area contributed by atoms with E-state index in [-0.39, 0.29) is 36.5 Å². The standard InChI is InChI=1S/C29H42N4O4/c1-19(2)16-23-28(37-29(32-23)24-12-8-9-15-33(24)4)27(36)22(21-10-6-5-7-11-21)13-14-31-26(35)18-20(3)17-25(30)34/h5-7,10-11,19-20,22,24H,8-9,12-18H2,1-4H3,(H2,30,34)(H,31,35). The molecule has 3 unspecified atom stereocenters. The van der Waals surface area contributed by atoms with Crippen LogP contribution in [-0.4, -0.2) is 47.6 Å². The number of aromatic nitrogens is 1. The minimum Gasteiger partial charge on any atom is -0.436 e. The number of oxazole rings is 1. The second kappa shape index (κ2) is 13.5. The Balaban J connectivity index is 1.80. The number of nitrogens with one attached hydrogen (secondary N) is 1. The zero-order valence-electron chi connectivity index (χ0n) is 22.7. The van der Waals surface area contributed by atoms with E-state index in [4.69, 9.17) is 15.1 Å². The van der Waals surface area contributed by atoms with Crippen LogP contribution in [-0.2, 0) is 16.0 Å². The van der Waals surface area contributed by atoms with Crippen LogP contribution in [0.3, 0.4) is 0 Å². The van der Waals surface area contributed by atoms with Crippen LogP contribution < -0.4 is 11.1 Å². The van der Waals surface area contributed by atoms with Gasteiger partial charge in [0.2, 0.25) is 23.5 Å². The molecule has 2 heterocycles. The molecule has 1 aromatic carbocycles. The lowest BCUT2D eigenvalue weighted by Crippen LogP contribution is -2.29. The molecule has 8 nitrogen and oxygen atoms in total. The summed E-state index contributed by atoms with van der Waals surface area (Å²) < 4.78 is 6.27. The molecule has 2 aromatic rings. The Labute approximate surface area is 220 Å². The van der Waals surface area contributed by atoms with Crippen molar-refractivity contribution in [2.24, 2.45) is 17.6 Å². The first-order valence-corrected chi connectivity index (χ1v) is 13.5. The van der Waals surface area contributed by atoms with Gasteiger partial charge < -0.3 is 15.5 Å². The number of piperidine rings is 1. The van der Waals surface area contributed by atoms with E-state index in [0.717, 1.165) is 37.1 Å². The molecule has 1 fully saturated rings. The smallest absolute Gasteiger partial charge is 0.220 e. The highest BCUT2D eigenvalue weighted by molar-refractivity contribution is 5.99. The predicted octanol–water partition coefficient (Wildman–Crippen LogP) is 4.40.